The number of carbonyl (C=O) groups excluding carboxylic acids is 2. The molecule has 7 nitrogen and oxygen atoms in total. The number of nitrogens with zero attached hydrogens (tertiary/aromatic N) is 2. The van der Waals surface area contributed by atoms with Crippen LogP contribution in [0.25, 0.3) is 0 Å². The van der Waals surface area contributed by atoms with E-state index in [9.17, 15) is 26.8 Å². The third-order valence-corrected chi connectivity index (χ3v) is 7.94. The monoisotopic (exact) mass is 543 g/mol. The van der Waals surface area contributed by atoms with Crippen LogP contribution in [0.15, 0.2) is 83.8 Å². The van der Waals surface area contributed by atoms with Crippen molar-refractivity contribution in [1.29, 1.82) is 0 Å². The first-order valence-corrected chi connectivity index (χ1v) is 13.6. The Bertz CT molecular complexity index is 1350. The van der Waals surface area contributed by atoms with Crippen molar-refractivity contribution in [2.24, 2.45) is 0 Å². The van der Waals surface area contributed by atoms with Crippen molar-refractivity contribution in [1.82, 2.24) is 10.2 Å². The highest BCUT2D eigenvalue weighted by atomic mass is 32.2. The number of amides is 2. The number of sulfonamides is 1. The molecule has 1 N–H and O–H groups in total. The summed E-state index contributed by atoms with van der Waals surface area (Å²) in [7, 11) is -4.36. The van der Waals surface area contributed by atoms with E-state index in [0.29, 0.717) is 16.3 Å². The molecule has 0 bridgehead atoms. The molecular formula is C28H31F2N3O4S. The van der Waals surface area contributed by atoms with Gasteiger partial charge in [-0.05, 0) is 62.2 Å². The second-order valence-corrected chi connectivity index (χ2v) is 10.8. The van der Waals surface area contributed by atoms with E-state index in [2.05, 4.69) is 5.32 Å². The van der Waals surface area contributed by atoms with Gasteiger partial charge in [-0.1, -0.05) is 49.4 Å². The summed E-state index contributed by atoms with van der Waals surface area (Å²) < 4.78 is 56.2. The summed E-state index contributed by atoms with van der Waals surface area (Å²) in [6, 6.07) is 16.9. The minimum absolute atomic E-state index is 0.0926. The summed E-state index contributed by atoms with van der Waals surface area (Å²) in [6.45, 7) is 4.39. The maximum Gasteiger partial charge on any atom is 0.264 e. The van der Waals surface area contributed by atoms with E-state index in [4.69, 9.17) is 0 Å². The molecule has 202 valence electrons. The van der Waals surface area contributed by atoms with Crippen LogP contribution in [0.2, 0.25) is 0 Å². The molecule has 2 amide bonds. The van der Waals surface area contributed by atoms with E-state index in [1.807, 2.05) is 13.8 Å². The Labute approximate surface area is 222 Å². The van der Waals surface area contributed by atoms with Crippen LogP contribution in [0, 0.1) is 11.6 Å². The number of hydrogen-bond acceptors (Lipinski definition) is 4. The van der Waals surface area contributed by atoms with Crippen LogP contribution in [0.3, 0.4) is 0 Å². The highest BCUT2D eigenvalue weighted by Crippen LogP contribution is 2.27. The lowest BCUT2D eigenvalue weighted by Gasteiger charge is -2.32. The molecule has 0 radical (unpaired) electrons. The van der Waals surface area contributed by atoms with Gasteiger partial charge in [-0.2, -0.15) is 0 Å². The van der Waals surface area contributed by atoms with Crippen molar-refractivity contribution in [3.05, 3.63) is 96.1 Å². The number of hydrogen-bond donors (Lipinski definition) is 1. The first kappa shape index (κ1) is 28.8. The number of rotatable bonds is 11. The van der Waals surface area contributed by atoms with Gasteiger partial charge in [0.1, 0.15) is 24.2 Å². The van der Waals surface area contributed by atoms with Crippen LogP contribution < -0.4 is 9.62 Å². The molecule has 0 saturated heterocycles. The fourth-order valence-electron chi connectivity index (χ4n) is 3.72. The first-order chi connectivity index (χ1) is 18.0. The van der Waals surface area contributed by atoms with E-state index in [0.717, 1.165) is 6.07 Å². The van der Waals surface area contributed by atoms with Crippen LogP contribution in [0.1, 0.15) is 32.8 Å². The molecule has 0 fully saturated rings. The lowest BCUT2D eigenvalue weighted by molar-refractivity contribution is -0.139. The molecule has 0 aliphatic rings. The van der Waals surface area contributed by atoms with Gasteiger partial charge >= 0.3 is 0 Å². The molecule has 3 aromatic rings. The predicted molar refractivity (Wildman–Crippen MR) is 142 cm³/mol. The Hall–Kier alpha value is -3.79. The molecule has 0 heterocycles. The summed E-state index contributed by atoms with van der Waals surface area (Å²) in [5, 5.41) is 2.83. The summed E-state index contributed by atoms with van der Waals surface area (Å²) in [4.78, 5) is 27.8. The number of para-hydroxylation sites is 1. The quantitative estimate of drug-likeness (QED) is 0.386. The lowest BCUT2D eigenvalue weighted by atomic mass is 10.1. The van der Waals surface area contributed by atoms with Crippen LogP contribution in [0.5, 0.6) is 0 Å². The third kappa shape index (κ3) is 6.95. The Kier molecular flexibility index (Phi) is 9.57. The van der Waals surface area contributed by atoms with Crippen molar-refractivity contribution >= 4 is 27.5 Å². The summed E-state index contributed by atoms with van der Waals surface area (Å²) in [6.07, 6.45) is 0.667. The van der Waals surface area contributed by atoms with Gasteiger partial charge in [0.2, 0.25) is 11.8 Å². The zero-order chi connectivity index (χ0) is 27.9. The van der Waals surface area contributed by atoms with Gasteiger partial charge in [0.25, 0.3) is 10.0 Å². The van der Waals surface area contributed by atoms with Gasteiger partial charge in [0, 0.05) is 12.6 Å². The van der Waals surface area contributed by atoms with Crippen LogP contribution in [0.4, 0.5) is 14.5 Å². The topological polar surface area (TPSA) is 86.8 Å². The van der Waals surface area contributed by atoms with Crippen molar-refractivity contribution in [2.45, 2.75) is 50.7 Å². The number of benzene rings is 3. The number of anilines is 1. The molecule has 0 aliphatic carbocycles. The van der Waals surface area contributed by atoms with Crippen molar-refractivity contribution in [2.75, 3.05) is 10.8 Å². The summed E-state index contributed by atoms with van der Waals surface area (Å²) in [5.41, 5.74) is 0.231. The molecule has 10 heteroatoms. The van der Waals surface area contributed by atoms with Crippen LogP contribution >= 0.6 is 0 Å². The van der Waals surface area contributed by atoms with Gasteiger partial charge in [-0.3, -0.25) is 13.9 Å². The van der Waals surface area contributed by atoms with E-state index >= 15 is 0 Å². The van der Waals surface area contributed by atoms with E-state index in [1.54, 1.807) is 6.07 Å². The zero-order valence-corrected chi connectivity index (χ0v) is 22.3. The van der Waals surface area contributed by atoms with Crippen LogP contribution in [-0.4, -0.2) is 43.8 Å². The lowest BCUT2D eigenvalue weighted by Crippen LogP contribution is -2.52. The highest BCUT2D eigenvalue weighted by molar-refractivity contribution is 7.92. The number of halogens is 2. The standard InChI is InChI=1S/C28H31F2N3O4S/c1-4-20(2)31-28(35)21(3)32(18-22-14-16-23(29)17-15-22)27(34)19-33(26-13-9-8-12-25(26)30)38(36,37)24-10-6-5-7-11-24/h5-17,20-21H,4,18-19H2,1-3H3,(H,31,35)/t20-,21-/m0/s1. The maximum atomic E-state index is 14.9. The van der Waals surface area contributed by atoms with Crippen molar-refractivity contribution in [3.63, 3.8) is 0 Å². The predicted octanol–water partition coefficient (Wildman–Crippen LogP) is 4.49. The SMILES string of the molecule is CC[C@H](C)NC(=O)[C@H](C)N(Cc1ccc(F)cc1)C(=O)CN(c1ccccc1F)S(=O)(=O)c1ccccc1. The molecule has 3 aromatic carbocycles. The minimum atomic E-state index is -4.36. The molecular weight excluding hydrogens is 512 g/mol. The smallest absolute Gasteiger partial charge is 0.264 e. The minimum Gasteiger partial charge on any atom is -0.352 e. The fourth-order valence-corrected chi connectivity index (χ4v) is 5.16. The number of carbonyl (C=O) groups is 2. The van der Waals surface area contributed by atoms with Crippen molar-refractivity contribution < 1.29 is 26.8 Å². The molecule has 2 atom stereocenters. The Balaban J connectivity index is 2.02. The zero-order valence-electron chi connectivity index (χ0n) is 21.5. The number of nitrogens with one attached hydrogen (secondary N) is 1. The fraction of sp³-hybridized carbons (Fsp3) is 0.286. The first-order valence-electron chi connectivity index (χ1n) is 12.2. The molecule has 0 aromatic heterocycles. The molecule has 0 unspecified atom stereocenters. The van der Waals surface area contributed by atoms with Crippen molar-refractivity contribution in [3.8, 4) is 0 Å². The average molecular weight is 544 g/mol. The van der Waals surface area contributed by atoms with E-state index in [1.165, 1.54) is 78.6 Å². The van der Waals surface area contributed by atoms with Gasteiger partial charge < -0.3 is 10.2 Å². The Morgan fingerprint density at radius 1 is 0.895 bits per heavy atom. The Morgan fingerprint density at radius 2 is 1.50 bits per heavy atom. The maximum absolute atomic E-state index is 14.9. The second-order valence-electron chi connectivity index (χ2n) is 8.92. The second kappa shape index (κ2) is 12.6. The van der Waals surface area contributed by atoms with Gasteiger partial charge in [0.15, 0.2) is 0 Å². The molecule has 38 heavy (non-hydrogen) atoms. The van der Waals surface area contributed by atoms with Gasteiger partial charge in [-0.15, -0.1) is 0 Å². The Morgan fingerprint density at radius 3 is 2.11 bits per heavy atom. The molecule has 0 saturated carbocycles. The molecule has 3 rings (SSSR count). The molecule has 0 spiro atoms. The largest absolute Gasteiger partial charge is 0.352 e. The van der Waals surface area contributed by atoms with Crippen LogP contribution in [-0.2, 0) is 26.2 Å². The van der Waals surface area contributed by atoms with E-state index in [-0.39, 0.29) is 23.2 Å². The molecule has 0 aliphatic heterocycles. The normalized spacial score (nSPS) is 12.9. The van der Waals surface area contributed by atoms with E-state index < -0.39 is 46.1 Å². The van der Waals surface area contributed by atoms with Gasteiger partial charge in [0.05, 0.1) is 10.6 Å². The third-order valence-electron chi connectivity index (χ3n) is 6.17. The summed E-state index contributed by atoms with van der Waals surface area (Å²) in [5.74, 6) is -2.46. The highest BCUT2D eigenvalue weighted by Gasteiger charge is 2.33. The average Bonchev–Trinajstić information content (AvgIpc) is 2.91. The summed E-state index contributed by atoms with van der Waals surface area (Å²) >= 11 is 0. The van der Waals surface area contributed by atoms with Gasteiger partial charge in [-0.25, -0.2) is 17.2 Å².